The van der Waals surface area contributed by atoms with Crippen LogP contribution in [0, 0.1) is 0 Å². The topological polar surface area (TPSA) is 96.7 Å². The molecule has 28 heavy (non-hydrogen) atoms. The third kappa shape index (κ3) is 3.75. The largest absolute Gasteiger partial charge is 0.423 e. The zero-order chi connectivity index (χ0) is 19.7. The quantitative estimate of drug-likeness (QED) is 0.520. The van der Waals surface area contributed by atoms with E-state index in [4.69, 9.17) is 4.42 Å². The smallest absolute Gasteiger partial charge is 0.336 e. The maximum Gasteiger partial charge on any atom is 0.336 e. The predicted octanol–water partition coefficient (Wildman–Crippen LogP) is 3.53. The molecule has 7 nitrogen and oxygen atoms in total. The fourth-order valence-electron chi connectivity index (χ4n) is 2.63. The van der Waals surface area contributed by atoms with Crippen molar-refractivity contribution >= 4 is 62.9 Å². The summed E-state index contributed by atoms with van der Waals surface area (Å²) >= 11 is 2.27. The van der Waals surface area contributed by atoms with E-state index in [2.05, 4.69) is 5.32 Å². The van der Waals surface area contributed by atoms with Crippen LogP contribution >= 0.6 is 23.1 Å². The van der Waals surface area contributed by atoms with E-state index in [-0.39, 0.29) is 6.54 Å². The molecule has 1 aromatic carbocycles. The van der Waals surface area contributed by atoms with Crippen molar-refractivity contribution in [2.75, 3.05) is 11.9 Å². The van der Waals surface area contributed by atoms with Gasteiger partial charge >= 0.3 is 5.63 Å². The predicted molar refractivity (Wildman–Crippen MR) is 108 cm³/mol. The van der Waals surface area contributed by atoms with Gasteiger partial charge in [0.2, 0.25) is 5.91 Å². The maximum absolute atomic E-state index is 12.4. The molecule has 0 bridgehead atoms. The van der Waals surface area contributed by atoms with Crippen LogP contribution in [0.4, 0.5) is 10.5 Å². The van der Waals surface area contributed by atoms with Crippen LogP contribution in [0.25, 0.3) is 17.0 Å². The highest BCUT2D eigenvalue weighted by Crippen LogP contribution is 2.32. The highest BCUT2D eigenvalue weighted by atomic mass is 32.2. The van der Waals surface area contributed by atoms with Crippen LogP contribution in [-0.2, 0) is 9.59 Å². The van der Waals surface area contributed by atoms with Gasteiger partial charge in [0.05, 0.1) is 4.91 Å². The summed E-state index contributed by atoms with van der Waals surface area (Å²) in [5.74, 6) is -0.991. The average Bonchev–Trinajstić information content (AvgIpc) is 3.26. The molecule has 3 heterocycles. The normalized spacial score (nSPS) is 15.6. The van der Waals surface area contributed by atoms with Crippen LogP contribution in [-0.4, -0.2) is 28.5 Å². The van der Waals surface area contributed by atoms with Crippen molar-refractivity contribution < 1.29 is 18.8 Å². The summed E-state index contributed by atoms with van der Waals surface area (Å²) < 4.78 is 5.04. The van der Waals surface area contributed by atoms with Crippen LogP contribution in [0.3, 0.4) is 0 Å². The summed E-state index contributed by atoms with van der Waals surface area (Å²) in [5, 5.41) is 4.68. The minimum atomic E-state index is -0.503. The van der Waals surface area contributed by atoms with Gasteiger partial charge in [0.25, 0.3) is 11.1 Å². The van der Waals surface area contributed by atoms with Gasteiger partial charge in [-0.25, -0.2) is 4.79 Å². The molecule has 1 saturated heterocycles. The van der Waals surface area contributed by atoms with Gasteiger partial charge in [-0.15, -0.1) is 11.3 Å². The SMILES string of the molecule is O=C(CN1C(=O)SC(=Cc2cccs2)C1=O)Nc1ccc2oc(=O)ccc2c1. The van der Waals surface area contributed by atoms with Gasteiger partial charge in [-0.1, -0.05) is 6.07 Å². The van der Waals surface area contributed by atoms with Gasteiger partial charge in [-0.2, -0.15) is 0 Å². The number of nitrogens with zero attached hydrogens (tertiary/aromatic N) is 1. The highest BCUT2D eigenvalue weighted by molar-refractivity contribution is 8.18. The Balaban J connectivity index is 1.46. The number of rotatable bonds is 4. The van der Waals surface area contributed by atoms with Gasteiger partial charge in [-0.3, -0.25) is 19.3 Å². The van der Waals surface area contributed by atoms with E-state index in [1.807, 2.05) is 17.5 Å². The molecule has 0 unspecified atom stereocenters. The number of nitrogens with one attached hydrogen (secondary N) is 1. The Morgan fingerprint density at radius 2 is 2.00 bits per heavy atom. The van der Waals surface area contributed by atoms with Crippen LogP contribution < -0.4 is 10.9 Å². The second-order valence-corrected chi connectivity index (χ2v) is 7.81. The van der Waals surface area contributed by atoms with Gasteiger partial charge in [0.1, 0.15) is 12.1 Å². The number of carbonyl (C=O) groups is 3. The van der Waals surface area contributed by atoms with Crippen LogP contribution in [0.15, 0.2) is 62.0 Å². The van der Waals surface area contributed by atoms with Crippen molar-refractivity contribution in [1.29, 1.82) is 0 Å². The van der Waals surface area contributed by atoms with E-state index in [9.17, 15) is 19.2 Å². The molecule has 0 radical (unpaired) electrons. The lowest BCUT2D eigenvalue weighted by atomic mass is 10.2. The maximum atomic E-state index is 12.4. The molecule has 3 amide bonds. The van der Waals surface area contributed by atoms with Crippen LogP contribution in [0.2, 0.25) is 0 Å². The molecule has 1 aliphatic heterocycles. The van der Waals surface area contributed by atoms with Crippen molar-refractivity contribution in [2.45, 2.75) is 0 Å². The van der Waals surface area contributed by atoms with Crippen molar-refractivity contribution in [3.05, 3.63) is 68.0 Å². The molecule has 1 aliphatic rings. The second-order valence-electron chi connectivity index (χ2n) is 5.84. The molecule has 1 N–H and O–H groups in total. The first kappa shape index (κ1) is 18.2. The number of thioether (sulfide) groups is 1. The molecular formula is C19H12N2O5S2. The van der Waals surface area contributed by atoms with Crippen molar-refractivity contribution in [3.8, 4) is 0 Å². The Bertz CT molecular complexity index is 1180. The molecule has 3 aromatic rings. The van der Waals surface area contributed by atoms with Gasteiger partial charge in [-0.05, 0) is 53.5 Å². The fourth-order valence-corrected chi connectivity index (χ4v) is 4.19. The second kappa shape index (κ2) is 7.45. The van der Waals surface area contributed by atoms with Crippen molar-refractivity contribution in [3.63, 3.8) is 0 Å². The number of thiophene rings is 1. The Labute approximate surface area is 166 Å². The van der Waals surface area contributed by atoms with E-state index >= 15 is 0 Å². The summed E-state index contributed by atoms with van der Waals surface area (Å²) in [6.07, 6.45) is 1.64. The first-order valence-corrected chi connectivity index (χ1v) is 9.82. The molecule has 140 valence electrons. The molecule has 0 aliphatic carbocycles. The first-order valence-electron chi connectivity index (χ1n) is 8.12. The number of hydrogen-bond acceptors (Lipinski definition) is 7. The van der Waals surface area contributed by atoms with Crippen molar-refractivity contribution in [2.24, 2.45) is 0 Å². The molecule has 0 saturated carbocycles. The average molecular weight is 412 g/mol. The monoisotopic (exact) mass is 412 g/mol. The minimum absolute atomic E-state index is 0.293. The zero-order valence-corrected chi connectivity index (χ0v) is 15.8. The molecule has 9 heteroatoms. The number of hydrogen-bond donors (Lipinski definition) is 1. The van der Waals surface area contributed by atoms with Gasteiger partial charge in [0, 0.05) is 22.0 Å². The van der Waals surface area contributed by atoms with Gasteiger partial charge in [0.15, 0.2) is 0 Å². The Morgan fingerprint density at radius 1 is 1.14 bits per heavy atom. The molecule has 4 rings (SSSR count). The van der Waals surface area contributed by atoms with E-state index in [1.165, 1.54) is 17.4 Å². The fraction of sp³-hybridized carbons (Fsp3) is 0.0526. The number of amides is 3. The third-order valence-electron chi connectivity index (χ3n) is 3.89. The number of anilines is 1. The summed E-state index contributed by atoms with van der Waals surface area (Å²) in [7, 11) is 0. The minimum Gasteiger partial charge on any atom is -0.423 e. The van der Waals surface area contributed by atoms with E-state index < -0.39 is 22.7 Å². The molecular weight excluding hydrogens is 400 g/mol. The Kier molecular flexibility index (Phi) is 4.84. The lowest BCUT2D eigenvalue weighted by Gasteiger charge is -2.12. The number of carbonyl (C=O) groups excluding carboxylic acids is 3. The van der Waals surface area contributed by atoms with Crippen LogP contribution in [0.5, 0.6) is 0 Å². The van der Waals surface area contributed by atoms with Crippen molar-refractivity contribution in [1.82, 2.24) is 4.90 Å². The zero-order valence-electron chi connectivity index (χ0n) is 14.2. The molecule has 1 fully saturated rings. The molecule has 2 aromatic heterocycles. The lowest BCUT2D eigenvalue weighted by Crippen LogP contribution is -2.36. The number of benzene rings is 1. The summed E-state index contributed by atoms with van der Waals surface area (Å²) in [6, 6.07) is 11.3. The standard InChI is InChI=1S/C19H12N2O5S2/c22-16(20-12-4-5-14-11(8-12)3-6-17(23)26-14)10-21-18(24)15(28-19(21)25)9-13-2-1-7-27-13/h1-9H,10H2,(H,20,22). The number of imide groups is 1. The van der Waals surface area contributed by atoms with E-state index in [0.29, 0.717) is 21.6 Å². The lowest BCUT2D eigenvalue weighted by molar-refractivity contribution is -0.127. The summed E-state index contributed by atoms with van der Waals surface area (Å²) in [5.41, 5.74) is 0.404. The highest BCUT2D eigenvalue weighted by Gasteiger charge is 2.36. The third-order valence-corrected chi connectivity index (χ3v) is 5.62. The van der Waals surface area contributed by atoms with E-state index in [1.54, 1.807) is 30.3 Å². The first-order chi connectivity index (χ1) is 13.5. The molecule has 0 atom stereocenters. The van der Waals surface area contributed by atoms with E-state index in [0.717, 1.165) is 21.5 Å². The van der Waals surface area contributed by atoms with Crippen LogP contribution in [0.1, 0.15) is 4.88 Å². The van der Waals surface area contributed by atoms with Gasteiger partial charge < -0.3 is 9.73 Å². The summed E-state index contributed by atoms with van der Waals surface area (Å²) in [6.45, 7) is -0.381. The molecule has 0 spiro atoms. The number of fused-ring (bicyclic) bond motifs is 1. The Hall–Kier alpha value is -3.17. The summed E-state index contributed by atoms with van der Waals surface area (Å²) in [4.78, 5) is 50.2. The Morgan fingerprint density at radius 3 is 2.79 bits per heavy atom.